The maximum atomic E-state index is 12.2. The number of nitrogen functional groups attached to an aromatic ring is 1. The third-order valence-corrected chi connectivity index (χ3v) is 3.55. The van der Waals surface area contributed by atoms with E-state index in [1.54, 1.807) is 12.1 Å². The first-order chi connectivity index (χ1) is 9.06. The van der Waals surface area contributed by atoms with Crippen LogP contribution in [0.5, 0.6) is 0 Å². The molecule has 0 radical (unpaired) electrons. The first-order valence-electron chi connectivity index (χ1n) is 6.62. The van der Waals surface area contributed by atoms with Crippen molar-refractivity contribution in [2.75, 3.05) is 24.1 Å². The Bertz CT molecular complexity index is 496. The second-order valence-electron chi connectivity index (χ2n) is 5.09. The van der Waals surface area contributed by atoms with Crippen LogP contribution in [0.4, 0.5) is 11.4 Å². The number of hydrogen-bond acceptors (Lipinski definition) is 3. The van der Waals surface area contributed by atoms with Crippen molar-refractivity contribution in [2.24, 2.45) is 0 Å². The minimum Gasteiger partial charge on any atom is -0.399 e. The van der Waals surface area contributed by atoms with Crippen molar-refractivity contribution >= 4 is 17.3 Å². The molecule has 0 bridgehead atoms. The molecule has 0 spiro atoms. The first-order valence-corrected chi connectivity index (χ1v) is 6.62. The average molecular weight is 259 g/mol. The number of nitrogens with two attached hydrogens (primary N) is 1. The van der Waals surface area contributed by atoms with Gasteiger partial charge in [0.25, 0.3) is 0 Å². The molecule has 1 aliphatic heterocycles. The molecule has 1 amide bonds. The number of hydrogen-bond donors (Lipinski definition) is 2. The number of rotatable bonds is 3. The van der Waals surface area contributed by atoms with Crippen LogP contribution in [0.15, 0.2) is 35.9 Å². The van der Waals surface area contributed by atoms with Gasteiger partial charge in [0, 0.05) is 24.5 Å². The maximum Gasteiger partial charge on any atom is 0.241 e. The number of benzene rings is 1. The van der Waals surface area contributed by atoms with Gasteiger partial charge in [-0.2, -0.15) is 0 Å². The average Bonchev–Trinajstić information content (AvgIpc) is 2.39. The predicted molar refractivity (Wildman–Crippen MR) is 78.9 cm³/mol. The van der Waals surface area contributed by atoms with Gasteiger partial charge < -0.3 is 11.1 Å². The van der Waals surface area contributed by atoms with E-state index in [9.17, 15) is 4.79 Å². The molecule has 4 heteroatoms. The van der Waals surface area contributed by atoms with Crippen molar-refractivity contribution in [3.05, 3.63) is 35.9 Å². The van der Waals surface area contributed by atoms with E-state index in [0.29, 0.717) is 5.69 Å². The maximum absolute atomic E-state index is 12.2. The summed E-state index contributed by atoms with van der Waals surface area (Å²) < 4.78 is 0. The third-order valence-electron chi connectivity index (χ3n) is 3.55. The van der Waals surface area contributed by atoms with E-state index in [1.165, 1.54) is 5.57 Å². The summed E-state index contributed by atoms with van der Waals surface area (Å²) in [6.45, 7) is 5.86. The Labute approximate surface area is 114 Å². The third kappa shape index (κ3) is 3.58. The van der Waals surface area contributed by atoms with Gasteiger partial charge in [-0.1, -0.05) is 17.7 Å². The highest BCUT2D eigenvalue weighted by Gasteiger charge is 2.22. The Morgan fingerprint density at radius 1 is 1.47 bits per heavy atom. The molecule has 1 aliphatic rings. The molecule has 1 aromatic rings. The summed E-state index contributed by atoms with van der Waals surface area (Å²) in [5.74, 6) is 0.0125. The molecule has 2 rings (SSSR count). The predicted octanol–water partition coefficient (Wildman–Crippen LogP) is 2.25. The van der Waals surface area contributed by atoms with E-state index in [1.807, 2.05) is 19.1 Å². The summed E-state index contributed by atoms with van der Waals surface area (Å²) >= 11 is 0. The summed E-state index contributed by atoms with van der Waals surface area (Å²) in [4.78, 5) is 14.4. The lowest BCUT2D eigenvalue weighted by atomic mass is 10.1. The second-order valence-corrected chi connectivity index (χ2v) is 5.09. The van der Waals surface area contributed by atoms with Crippen molar-refractivity contribution in [2.45, 2.75) is 26.3 Å². The molecule has 0 saturated carbocycles. The number of nitrogens with zero attached hydrogens (tertiary/aromatic N) is 1. The zero-order valence-electron chi connectivity index (χ0n) is 11.5. The van der Waals surface area contributed by atoms with Crippen molar-refractivity contribution in [3.63, 3.8) is 0 Å². The van der Waals surface area contributed by atoms with E-state index < -0.39 is 0 Å². The van der Waals surface area contributed by atoms with Crippen molar-refractivity contribution in [1.29, 1.82) is 0 Å². The Hall–Kier alpha value is -1.81. The van der Waals surface area contributed by atoms with Crippen LogP contribution in [0.25, 0.3) is 0 Å². The van der Waals surface area contributed by atoms with Gasteiger partial charge in [0.15, 0.2) is 0 Å². The number of amides is 1. The fourth-order valence-electron chi connectivity index (χ4n) is 2.17. The Kier molecular flexibility index (Phi) is 4.22. The quantitative estimate of drug-likeness (QED) is 0.646. The van der Waals surface area contributed by atoms with Crippen molar-refractivity contribution in [1.82, 2.24) is 4.90 Å². The van der Waals surface area contributed by atoms with Gasteiger partial charge in [-0.25, -0.2) is 0 Å². The van der Waals surface area contributed by atoms with Crippen LogP contribution in [-0.4, -0.2) is 29.9 Å². The van der Waals surface area contributed by atoms with Gasteiger partial charge in [0.05, 0.1) is 6.04 Å². The lowest BCUT2D eigenvalue weighted by Gasteiger charge is -2.30. The molecule has 4 nitrogen and oxygen atoms in total. The molecule has 0 fully saturated rings. The number of nitrogens with one attached hydrogen (secondary N) is 1. The van der Waals surface area contributed by atoms with Crippen LogP contribution in [0.3, 0.4) is 0 Å². The topological polar surface area (TPSA) is 58.4 Å². The highest BCUT2D eigenvalue weighted by molar-refractivity contribution is 5.94. The van der Waals surface area contributed by atoms with Crippen LogP contribution >= 0.6 is 0 Å². The van der Waals surface area contributed by atoms with Crippen LogP contribution in [0, 0.1) is 0 Å². The molecular formula is C15H21N3O. The standard InChI is InChI=1S/C15H21N3O/c1-11-6-8-18(9-7-11)12(2)15(19)17-14-5-3-4-13(16)10-14/h3-6,10,12H,7-9,16H2,1-2H3,(H,17,19). The van der Waals surface area contributed by atoms with Crippen LogP contribution in [-0.2, 0) is 4.79 Å². The van der Waals surface area contributed by atoms with Gasteiger partial charge >= 0.3 is 0 Å². The largest absolute Gasteiger partial charge is 0.399 e. The fourth-order valence-corrected chi connectivity index (χ4v) is 2.17. The van der Waals surface area contributed by atoms with Crippen molar-refractivity contribution < 1.29 is 4.79 Å². The zero-order chi connectivity index (χ0) is 13.8. The molecule has 3 N–H and O–H groups in total. The molecule has 1 heterocycles. The summed E-state index contributed by atoms with van der Waals surface area (Å²) in [6, 6.07) is 7.12. The number of carbonyl (C=O) groups excluding carboxylic acids is 1. The molecule has 102 valence electrons. The summed E-state index contributed by atoms with van der Waals surface area (Å²) in [5.41, 5.74) is 8.51. The highest BCUT2D eigenvalue weighted by Crippen LogP contribution is 2.15. The molecule has 0 saturated heterocycles. The lowest BCUT2D eigenvalue weighted by molar-refractivity contribution is -0.120. The summed E-state index contributed by atoms with van der Waals surface area (Å²) in [7, 11) is 0. The molecule has 19 heavy (non-hydrogen) atoms. The Morgan fingerprint density at radius 2 is 2.26 bits per heavy atom. The first kappa shape index (κ1) is 13.6. The molecule has 0 aliphatic carbocycles. The van der Waals surface area contributed by atoms with Gasteiger partial charge in [-0.05, 0) is 38.5 Å². The van der Waals surface area contributed by atoms with Gasteiger partial charge in [-0.3, -0.25) is 9.69 Å². The molecule has 1 unspecified atom stereocenters. The molecular weight excluding hydrogens is 238 g/mol. The minimum atomic E-state index is -0.134. The number of anilines is 2. The normalized spacial score (nSPS) is 17.7. The van der Waals surface area contributed by atoms with Gasteiger partial charge in [0.1, 0.15) is 0 Å². The van der Waals surface area contributed by atoms with Crippen LogP contribution in [0.2, 0.25) is 0 Å². The highest BCUT2D eigenvalue weighted by atomic mass is 16.2. The molecule has 1 atom stereocenters. The SMILES string of the molecule is CC1=CCN(C(C)C(=O)Nc2cccc(N)c2)CC1. The van der Waals surface area contributed by atoms with E-state index >= 15 is 0 Å². The molecule has 0 aromatic heterocycles. The fraction of sp³-hybridized carbons (Fsp3) is 0.400. The van der Waals surface area contributed by atoms with E-state index in [2.05, 4.69) is 23.2 Å². The second kappa shape index (κ2) is 5.89. The zero-order valence-corrected chi connectivity index (χ0v) is 11.5. The van der Waals surface area contributed by atoms with Gasteiger partial charge in [0.2, 0.25) is 5.91 Å². The minimum absolute atomic E-state index is 0.0125. The lowest BCUT2D eigenvalue weighted by Crippen LogP contribution is -2.44. The Morgan fingerprint density at radius 3 is 2.89 bits per heavy atom. The van der Waals surface area contributed by atoms with Crippen molar-refractivity contribution in [3.8, 4) is 0 Å². The number of carbonyl (C=O) groups is 1. The summed E-state index contributed by atoms with van der Waals surface area (Å²) in [5, 5.41) is 2.91. The monoisotopic (exact) mass is 259 g/mol. The Balaban J connectivity index is 1.96. The van der Waals surface area contributed by atoms with E-state index in [0.717, 1.165) is 25.2 Å². The van der Waals surface area contributed by atoms with E-state index in [4.69, 9.17) is 5.73 Å². The van der Waals surface area contributed by atoms with Crippen LogP contribution < -0.4 is 11.1 Å². The van der Waals surface area contributed by atoms with E-state index in [-0.39, 0.29) is 11.9 Å². The van der Waals surface area contributed by atoms with Crippen LogP contribution in [0.1, 0.15) is 20.3 Å². The molecule has 1 aromatic carbocycles. The smallest absolute Gasteiger partial charge is 0.241 e. The summed E-state index contributed by atoms with van der Waals surface area (Å²) in [6.07, 6.45) is 3.23. The van der Waals surface area contributed by atoms with Gasteiger partial charge in [-0.15, -0.1) is 0 Å².